The monoisotopic (exact) mass is 445 g/mol. The number of ether oxygens (including phenoxy) is 2. The molecule has 1 amide bonds. The van der Waals surface area contributed by atoms with E-state index in [0.717, 1.165) is 22.0 Å². The number of amides is 1. The van der Waals surface area contributed by atoms with Crippen molar-refractivity contribution in [3.05, 3.63) is 52.0 Å². The molecule has 8 heteroatoms. The molecule has 2 aromatic carbocycles. The minimum Gasteiger partial charge on any atom is -0.493 e. The third-order valence-corrected chi connectivity index (χ3v) is 6.31. The molecule has 2 aromatic rings. The predicted octanol–water partition coefficient (Wildman–Crippen LogP) is 5.15. The average Bonchev–Trinajstić information content (AvgIpc) is 2.68. The van der Waals surface area contributed by atoms with Gasteiger partial charge in [0, 0.05) is 22.9 Å². The topological polar surface area (TPSA) is 47.6 Å². The van der Waals surface area contributed by atoms with Crippen molar-refractivity contribution in [3.8, 4) is 11.5 Å². The number of carbonyl (C=O) groups excluding carboxylic acids is 1. The first-order valence-corrected chi connectivity index (χ1v) is 11.1. The fourth-order valence-electron chi connectivity index (χ4n) is 2.19. The van der Waals surface area contributed by atoms with E-state index in [0.29, 0.717) is 33.8 Å². The third kappa shape index (κ3) is 7.37. The number of hydrogen-bond donors (Lipinski definition) is 1. The molecule has 4 nitrogen and oxygen atoms in total. The van der Waals surface area contributed by atoms with Gasteiger partial charge in [0.2, 0.25) is 5.91 Å². The maximum Gasteiger partial charge on any atom is 0.230 e. The lowest BCUT2D eigenvalue weighted by Gasteiger charge is -2.09. The Bertz CT molecular complexity index is 775. The SMILES string of the molecule is COc1ccc(SCC(=O)NCCSCc2ccc(Cl)c(Cl)c2)cc1OC. The fourth-order valence-corrected chi connectivity index (χ4v) is 4.07. The standard InChI is InChI=1S/C19H21Cl2NO3S2/c1-24-17-6-4-14(10-18(17)25-2)27-12-19(23)22-7-8-26-11-13-3-5-15(20)16(21)9-13/h3-6,9-10H,7-8,11-12H2,1-2H3,(H,22,23). The van der Waals surface area contributed by atoms with Crippen LogP contribution in [0.15, 0.2) is 41.3 Å². The molecule has 0 saturated carbocycles. The van der Waals surface area contributed by atoms with Gasteiger partial charge in [-0.15, -0.1) is 11.8 Å². The minimum absolute atomic E-state index is 0.00456. The molecule has 0 heterocycles. The number of nitrogens with one attached hydrogen (secondary N) is 1. The van der Waals surface area contributed by atoms with Crippen molar-refractivity contribution in [2.24, 2.45) is 0 Å². The van der Waals surface area contributed by atoms with E-state index in [1.54, 1.807) is 32.0 Å². The van der Waals surface area contributed by atoms with Gasteiger partial charge in [-0.05, 0) is 35.9 Å². The van der Waals surface area contributed by atoms with Gasteiger partial charge in [-0.1, -0.05) is 29.3 Å². The van der Waals surface area contributed by atoms with Gasteiger partial charge in [0.15, 0.2) is 11.5 Å². The zero-order valence-corrected chi connectivity index (χ0v) is 18.2. The van der Waals surface area contributed by atoms with Crippen LogP contribution in [0.1, 0.15) is 5.56 Å². The Hall–Kier alpha value is -1.21. The summed E-state index contributed by atoms with van der Waals surface area (Å²) in [6.45, 7) is 0.622. The highest BCUT2D eigenvalue weighted by Crippen LogP contribution is 2.31. The molecule has 2 rings (SSSR count). The summed E-state index contributed by atoms with van der Waals surface area (Å²) in [4.78, 5) is 12.9. The molecule has 0 radical (unpaired) electrons. The Labute approximate surface area is 178 Å². The van der Waals surface area contributed by atoms with Crippen LogP contribution >= 0.6 is 46.7 Å². The quantitative estimate of drug-likeness (QED) is 0.404. The summed E-state index contributed by atoms with van der Waals surface area (Å²) in [5.74, 6) is 3.34. The Morgan fingerprint density at radius 1 is 1.04 bits per heavy atom. The van der Waals surface area contributed by atoms with Gasteiger partial charge in [0.25, 0.3) is 0 Å². The lowest BCUT2D eigenvalue weighted by Crippen LogP contribution is -2.27. The summed E-state index contributed by atoms with van der Waals surface area (Å²) in [6.07, 6.45) is 0. The maximum atomic E-state index is 12.0. The molecular weight excluding hydrogens is 425 g/mol. The van der Waals surface area contributed by atoms with Gasteiger partial charge in [-0.2, -0.15) is 11.8 Å². The van der Waals surface area contributed by atoms with Crippen LogP contribution in [0.4, 0.5) is 0 Å². The zero-order chi connectivity index (χ0) is 19.6. The normalized spacial score (nSPS) is 10.5. The van der Waals surface area contributed by atoms with Crippen molar-refractivity contribution >= 4 is 52.6 Å². The first kappa shape index (κ1) is 22.1. The molecule has 0 aliphatic rings. The molecule has 0 unspecified atom stereocenters. The second kappa shape index (κ2) is 11.6. The first-order chi connectivity index (χ1) is 13.0. The predicted molar refractivity (Wildman–Crippen MR) is 116 cm³/mol. The van der Waals surface area contributed by atoms with E-state index in [-0.39, 0.29) is 5.91 Å². The molecule has 0 saturated heterocycles. The van der Waals surface area contributed by atoms with Crippen molar-refractivity contribution in [1.29, 1.82) is 0 Å². The van der Waals surface area contributed by atoms with E-state index in [1.807, 2.05) is 30.3 Å². The highest BCUT2D eigenvalue weighted by atomic mass is 35.5. The molecule has 0 aliphatic carbocycles. The summed E-state index contributed by atoms with van der Waals surface area (Å²) < 4.78 is 10.5. The molecule has 0 aliphatic heterocycles. The lowest BCUT2D eigenvalue weighted by molar-refractivity contribution is -0.118. The van der Waals surface area contributed by atoms with Crippen LogP contribution < -0.4 is 14.8 Å². The van der Waals surface area contributed by atoms with Crippen LogP contribution in [0.5, 0.6) is 11.5 Å². The number of carbonyl (C=O) groups is 1. The van der Waals surface area contributed by atoms with E-state index >= 15 is 0 Å². The van der Waals surface area contributed by atoms with Crippen LogP contribution in [0, 0.1) is 0 Å². The molecule has 0 aromatic heterocycles. The number of hydrogen-bond acceptors (Lipinski definition) is 5. The molecule has 27 heavy (non-hydrogen) atoms. The van der Waals surface area contributed by atoms with Crippen LogP contribution in [0.2, 0.25) is 10.0 Å². The average molecular weight is 446 g/mol. The van der Waals surface area contributed by atoms with Crippen LogP contribution in [-0.2, 0) is 10.5 Å². The van der Waals surface area contributed by atoms with Crippen LogP contribution in [0.25, 0.3) is 0 Å². The molecule has 0 atom stereocenters. The highest BCUT2D eigenvalue weighted by Gasteiger charge is 2.07. The second-order valence-electron chi connectivity index (χ2n) is 5.46. The third-order valence-electron chi connectivity index (χ3n) is 3.55. The number of rotatable bonds is 10. The lowest BCUT2D eigenvalue weighted by atomic mass is 10.2. The Balaban J connectivity index is 1.65. The smallest absolute Gasteiger partial charge is 0.230 e. The largest absolute Gasteiger partial charge is 0.493 e. The van der Waals surface area contributed by atoms with Gasteiger partial charge < -0.3 is 14.8 Å². The molecule has 146 valence electrons. The maximum absolute atomic E-state index is 12.0. The summed E-state index contributed by atoms with van der Waals surface area (Å²) in [7, 11) is 3.19. The van der Waals surface area contributed by atoms with Crippen molar-refractivity contribution in [1.82, 2.24) is 5.32 Å². The molecule has 0 fully saturated rings. The molecule has 0 bridgehead atoms. The van der Waals surface area contributed by atoms with Gasteiger partial charge in [-0.3, -0.25) is 4.79 Å². The van der Waals surface area contributed by atoms with Gasteiger partial charge in [0.05, 0.1) is 30.0 Å². The van der Waals surface area contributed by atoms with E-state index in [4.69, 9.17) is 32.7 Å². The molecule has 0 spiro atoms. The summed E-state index contributed by atoms with van der Waals surface area (Å²) in [6, 6.07) is 11.2. The fraction of sp³-hybridized carbons (Fsp3) is 0.316. The van der Waals surface area contributed by atoms with Crippen molar-refractivity contribution in [2.45, 2.75) is 10.6 Å². The summed E-state index contributed by atoms with van der Waals surface area (Å²) in [5.41, 5.74) is 1.12. The molecular formula is C19H21Cl2NO3S2. The van der Waals surface area contributed by atoms with E-state index in [1.165, 1.54) is 11.8 Å². The Morgan fingerprint density at radius 3 is 2.52 bits per heavy atom. The van der Waals surface area contributed by atoms with Crippen molar-refractivity contribution in [2.75, 3.05) is 32.3 Å². The molecule has 1 N–H and O–H groups in total. The summed E-state index contributed by atoms with van der Waals surface area (Å²) in [5, 5.41) is 4.05. The Morgan fingerprint density at radius 2 is 1.81 bits per heavy atom. The van der Waals surface area contributed by atoms with Crippen LogP contribution in [0.3, 0.4) is 0 Å². The second-order valence-corrected chi connectivity index (χ2v) is 8.42. The number of thioether (sulfide) groups is 2. The van der Waals surface area contributed by atoms with E-state index in [2.05, 4.69) is 5.32 Å². The minimum atomic E-state index is 0.00456. The summed E-state index contributed by atoms with van der Waals surface area (Å²) >= 11 is 15.1. The van der Waals surface area contributed by atoms with Crippen LogP contribution in [-0.4, -0.2) is 38.2 Å². The van der Waals surface area contributed by atoms with Crippen molar-refractivity contribution in [3.63, 3.8) is 0 Å². The highest BCUT2D eigenvalue weighted by molar-refractivity contribution is 8.00. The zero-order valence-electron chi connectivity index (χ0n) is 15.1. The van der Waals surface area contributed by atoms with E-state index < -0.39 is 0 Å². The van der Waals surface area contributed by atoms with E-state index in [9.17, 15) is 4.79 Å². The van der Waals surface area contributed by atoms with Gasteiger partial charge >= 0.3 is 0 Å². The number of halogens is 2. The number of benzene rings is 2. The van der Waals surface area contributed by atoms with Gasteiger partial charge in [0.1, 0.15) is 0 Å². The first-order valence-electron chi connectivity index (χ1n) is 8.16. The van der Waals surface area contributed by atoms with Crippen molar-refractivity contribution < 1.29 is 14.3 Å². The Kier molecular flexibility index (Phi) is 9.48. The van der Waals surface area contributed by atoms with Gasteiger partial charge in [-0.25, -0.2) is 0 Å². The number of methoxy groups -OCH3 is 2.